The number of carbonyl (C=O) groups is 3. The van der Waals surface area contributed by atoms with Crippen LogP contribution in [0.1, 0.15) is 55.5 Å². The maximum absolute atomic E-state index is 12.5. The van der Waals surface area contributed by atoms with Gasteiger partial charge in [0.15, 0.2) is 5.78 Å². The summed E-state index contributed by atoms with van der Waals surface area (Å²) in [7, 11) is 1.46. The molecule has 1 N–H and O–H groups in total. The first-order chi connectivity index (χ1) is 12.3. The average Bonchev–Trinajstić information content (AvgIpc) is 2.59. The van der Waals surface area contributed by atoms with E-state index in [1.165, 1.54) is 13.2 Å². The van der Waals surface area contributed by atoms with Gasteiger partial charge < -0.3 is 14.6 Å². The van der Waals surface area contributed by atoms with E-state index in [1.807, 2.05) is 0 Å². The Labute approximate surface area is 152 Å². The van der Waals surface area contributed by atoms with Crippen molar-refractivity contribution >= 4 is 23.6 Å². The molecule has 0 fully saturated rings. The van der Waals surface area contributed by atoms with E-state index in [0.717, 1.165) is 0 Å². The topological polar surface area (TPSA) is 89.9 Å². The molecule has 0 saturated carbocycles. The summed E-state index contributed by atoms with van der Waals surface area (Å²) in [6.07, 6.45) is 4.31. The van der Waals surface area contributed by atoms with Crippen LogP contribution < -0.4 is 4.74 Å². The first kappa shape index (κ1) is 19.7. The van der Waals surface area contributed by atoms with Crippen LogP contribution in [-0.2, 0) is 14.3 Å². The summed E-state index contributed by atoms with van der Waals surface area (Å²) in [6.45, 7) is 3.42. The molecule has 0 aromatic heterocycles. The summed E-state index contributed by atoms with van der Waals surface area (Å²) in [6, 6.07) is 2.97. The Morgan fingerprint density at radius 3 is 2.62 bits per heavy atom. The van der Waals surface area contributed by atoms with E-state index in [-0.39, 0.29) is 29.3 Å². The second kappa shape index (κ2) is 8.65. The van der Waals surface area contributed by atoms with Crippen LogP contribution in [0.25, 0.3) is 6.08 Å². The molecule has 1 aromatic rings. The van der Waals surface area contributed by atoms with Gasteiger partial charge >= 0.3 is 5.97 Å². The number of carbonyl (C=O) groups excluding carboxylic acids is 3. The van der Waals surface area contributed by atoms with E-state index in [4.69, 9.17) is 9.47 Å². The Kier molecular flexibility index (Phi) is 6.55. The number of phenolic OH excluding ortho intramolecular Hbond substituents is 1. The van der Waals surface area contributed by atoms with Crippen molar-refractivity contribution in [1.29, 1.82) is 0 Å². The molecule has 26 heavy (non-hydrogen) atoms. The second-order valence-electron chi connectivity index (χ2n) is 6.55. The quantitative estimate of drug-likeness (QED) is 0.610. The number of Topliss-reactive ketones (excluding diaryl/α,β-unsaturated/α-hetero) is 2. The van der Waals surface area contributed by atoms with Crippen molar-refractivity contribution in [3.05, 3.63) is 29.3 Å². The molecule has 0 aliphatic carbocycles. The van der Waals surface area contributed by atoms with E-state index in [0.29, 0.717) is 30.6 Å². The third kappa shape index (κ3) is 4.71. The monoisotopic (exact) mass is 360 g/mol. The molecule has 0 saturated heterocycles. The number of phenols is 1. The molecule has 1 aromatic carbocycles. The van der Waals surface area contributed by atoms with Gasteiger partial charge in [0.25, 0.3) is 0 Å². The van der Waals surface area contributed by atoms with Gasteiger partial charge in [-0.2, -0.15) is 0 Å². The molecule has 2 atom stereocenters. The van der Waals surface area contributed by atoms with Crippen molar-refractivity contribution in [2.45, 2.75) is 45.6 Å². The summed E-state index contributed by atoms with van der Waals surface area (Å²) in [5.74, 6) is -1.68. The molecular formula is C20H24O6. The number of allylic oxidation sites excluding steroid dienone is 1. The maximum Gasteiger partial charge on any atom is 0.342 e. The SMILES string of the molecule is COc1cc(O)c2c(c1)C=CC[C@H](C)C(=O)C(=O)CCC[C@H](C)OC2=O. The lowest BCUT2D eigenvalue weighted by atomic mass is 9.95. The highest BCUT2D eigenvalue weighted by Crippen LogP contribution is 2.30. The number of benzene rings is 1. The summed E-state index contributed by atoms with van der Waals surface area (Å²) in [5.41, 5.74) is 0.489. The number of ether oxygens (including phenoxy) is 2. The summed E-state index contributed by atoms with van der Waals surface area (Å²) >= 11 is 0. The minimum atomic E-state index is -0.634. The Morgan fingerprint density at radius 1 is 1.19 bits per heavy atom. The van der Waals surface area contributed by atoms with Crippen LogP contribution in [0.2, 0.25) is 0 Å². The largest absolute Gasteiger partial charge is 0.507 e. The number of rotatable bonds is 1. The van der Waals surface area contributed by atoms with Crippen molar-refractivity contribution < 1.29 is 29.0 Å². The van der Waals surface area contributed by atoms with Gasteiger partial charge in [0.2, 0.25) is 5.78 Å². The van der Waals surface area contributed by atoms with Crippen molar-refractivity contribution in [3.8, 4) is 11.5 Å². The summed E-state index contributed by atoms with van der Waals surface area (Å²) in [5, 5.41) is 10.2. The molecule has 1 aliphatic heterocycles. The first-order valence-corrected chi connectivity index (χ1v) is 8.69. The van der Waals surface area contributed by atoms with Crippen LogP contribution in [0, 0.1) is 5.92 Å². The van der Waals surface area contributed by atoms with Gasteiger partial charge in [-0.05, 0) is 37.8 Å². The summed E-state index contributed by atoms with van der Waals surface area (Å²) in [4.78, 5) is 36.6. The number of aromatic hydroxyl groups is 1. The normalized spacial score (nSPS) is 22.3. The highest BCUT2D eigenvalue weighted by Gasteiger charge is 2.23. The molecular weight excluding hydrogens is 336 g/mol. The third-order valence-electron chi connectivity index (χ3n) is 4.39. The van der Waals surface area contributed by atoms with Gasteiger partial charge in [-0.3, -0.25) is 9.59 Å². The average molecular weight is 360 g/mol. The molecule has 0 radical (unpaired) electrons. The fraction of sp³-hybridized carbons (Fsp3) is 0.450. The number of methoxy groups -OCH3 is 1. The van der Waals surface area contributed by atoms with E-state index in [2.05, 4.69) is 0 Å². The van der Waals surface area contributed by atoms with E-state index >= 15 is 0 Å². The van der Waals surface area contributed by atoms with Crippen molar-refractivity contribution in [2.24, 2.45) is 5.92 Å². The van der Waals surface area contributed by atoms with Gasteiger partial charge in [0.1, 0.15) is 17.1 Å². The highest BCUT2D eigenvalue weighted by atomic mass is 16.5. The third-order valence-corrected chi connectivity index (χ3v) is 4.39. The van der Waals surface area contributed by atoms with Crippen LogP contribution in [0.4, 0.5) is 0 Å². The molecule has 140 valence electrons. The fourth-order valence-electron chi connectivity index (χ4n) is 2.85. The number of ketones is 2. The Morgan fingerprint density at radius 2 is 1.92 bits per heavy atom. The number of esters is 1. The number of cyclic esters (lactones) is 1. The minimum absolute atomic E-state index is 0.0565. The van der Waals surface area contributed by atoms with Gasteiger partial charge in [0, 0.05) is 18.4 Å². The molecule has 0 amide bonds. The number of hydrogen-bond donors (Lipinski definition) is 1. The van der Waals surface area contributed by atoms with Crippen LogP contribution in [0.15, 0.2) is 18.2 Å². The van der Waals surface area contributed by atoms with Gasteiger partial charge in [-0.1, -0.05) is 19.1 Å². The molecule has 6 heteroatoms. The Hall–Kier alpha value is -2.63. The zero-order valence-corrected chi connectivity index (χ0v) is 15.3. The predicted octanol–water partition coefficient (Wildman–Crippen LogP) is 3.31. The van der Waals surface area contributed by atoms with Gasteiger partial charge in [0.05, 0.1) is 13.2 Å². The molecule has 0 spiro atoms. The van der Waals surface area contributed by atoms with Crippen LogP contribution >= 0.6 is 0 Å². The van der Waals surface area contributed by atoms with Gasteiger partial charge in [-0.15, -0.1) is 0 Å². The minimum Gasteiger partial charge on any atom is -0.507 e. The predicted molar refractivity (Wildman–Crippen MR) is 96.2 cm³/mol. The second-order valence-corrected chi connectivity index (χ2v) is 6.55. The molecule has 1 heterocycles. The van der Waals surface area contributed by atoms with Crippen LogP contribution in [0.3, 0.4) is 0 Å². The molecule has 6 nitrogen and oxygen atoms in total. The van der Waals surface area contributed by atoms with Crippen LogP contribution in [-0.4, -0.2) is 35.9 Å². The molecule has 0 unspecified atom stereocenters. The van der Waals surface area contributed by atoms with Crippen LogP contribution in [0.5, 0.6) is 11.5 Å². The number of fused-ring (bicyclic) bond motifs is 1. The summed E-state index contributed by atoms with van der Waals surface area (Å²) < 4.78 is 10.5. The molecule has 0 bridgehead atoms. The van der Waals surface area contributed by atoms with Gasteiger partial charge in [-0.25, -0.2) is 4.79 Å². The number of hydrogen-bond acceptors (Lipinski definition) is 6. The smallest absolute Gasteiger partial charge is 0.342 e. The van der Waals surface area contributed by atoms with Crippen molar-refractivity contribution in [3.63, 3.8) is 0 Å². The lowest BCUT2D eigenvalue weighted by Gasteiger charge is -2.16. The zero-order valence-electron chi connectivity index (χ0n) is 15.3. The van der Waals surface area contributed by atoms with E-state index in [1.54, 1.807) is 32.1 Å². The fourth-order valence-corrected chi connectivity index (χ4v) is 2.85. The highest BCUT2D eigenvalue weighted by molar-refractivity contribution is 6.37. The zero-order chi connectivity index (χ0) is 19.3. The van der Waals surface area contributed by atoms with E-state index < -0.39 is 18.0 Å². The van der Waals surface area contributed by atoms with E-state index in [9.17, 15) is 19.5 Å². The maximum atomic E-state index is 12.5. The standard InChI is InChI=1S/C20H24O6/c1-12-6-4-8-14-10-15(25-3)11-17(22)18(14)20(24)26-13(2)7-5-9-16(21)19(12)23/h4,8,10-13,22H,5-7,9H2,1-3H3/t12-,13-/m0/s1. The first-order valence-electron chi connectivity index (χ1n) is 8.69. The van der Waals surface area contributed by atoms with Crippen molar-refractivity contribution in [2.75, 3.05) is 7.11 Å². The van der Waals surface area contributed by atoms with Crippen molar-refractivity contribution in [1.82, 2.24) is 0 Å². The Balaban J connectivity index is 2.43. The molecule has 1 aliphatic rings. The lowest BCUT2D eigenvalue weighted by Crippen LogP contribution is -2.22. The molecule has 2 rings (SSSR count). The lowest BCUT2D eigenvalue weighted by molar-refractivity contribution is -0.138. The Bertz CT molecular complexity index is 734.